The molecule has 1 aromatic carbocycles. The van der Waals surface area contributed by atoms with Crippen LogP contribution in [0.5, 0.6) is 5.75 Å². The highest BCUT2D eigenvalue weighted by molar-refractivity contribution is 5.67. The molecule has 1 aromatic rings. The second-order valence-electron chi connectivity index (χ2n) is 7.56. The van der Waals surface area contributed by atoms with Gasteiger partial charge in [0.05, 0.1) is 6.54 Å². The van der Waals surface area contributed by atoms with E-state index in [1.54, 1.807) is 0 Å². The van der Waals surface area contributed by atoms with E-state index >= 15 is 0 Å². The highest BCUT2D eigenvalue weighted by atomic mass is 16.6. The van der Waals surface area contributed by atoms with Gasteiger partial charge in [0, 0.05) is 17.8 Å². The lowest BCUT2D eigenvalue weighted by Gasteiger charge is -2.19. The Labute approximate surface area is 145 Å². The first-order valence-corrected chi connectivity index (χ1v) is 8.78. The number of hydrogen-bond donors (Lipinski definition) is 2. The fourth-order valence-corrected chi connectivity index (χ4v) is 2.89. The molecular weight excluding hydrogens is 304 g/mol. The van der Waals surface area contributed by atoms with E-state index in [1.165, 1.54) is 19.3 Å². The van der Waals surface area contributed by atoms with Crippen LogP contribution in [0.15, 0.2) is 24.3 Å². The molecule has 2 unspecified atom stereocenters. The summed E-state index contributed by atoms with van der Waals surface area (Å²) >= 11 is 0. The Morgan fingerprint density at radius 2 is 2.08 bits per heavy atom. The van der Waals surface area contributed by atoms with E-state index in [9.17, 15) is 4.79 Å². The summed E-state index contributed by atoms with van der Waals surface area (Å²) in [6.45, 7) is 8.64. The van der Waals surface area contributed by atoms with Crippen LogP contribution in [0.25, 0.3) is 0 Å². The second kappa shape index (κ2) is 8.27. The number of ether oxygens (including phenoxy) is 2. The van der Waals surface area contributed by atoms with E-state index < -0.39 is 11.7 Å². The van der Waals surface area contributed by atoms with Crippen molar-refractivity contribution in [2.24, 2.45) is 5.92 Å². The van der Waals surface area contributed by atoms with Gasteiger partial charge in [0.15, 0.2) is 0 Å². The summed E-state index contributed by atoms with van der Waals surface area (Å²) in [6, 6.07) is 8.54. The van der Waals surface area contributed by atoms with E-state index in [0.717, 1.165) is 17.4 Å². The van der Waals surface area contributed by atoms with Gasteiger partial charge in [-0.2, -0.15) is 0 Å². The maximum atomic E-state index is 11.5. The van der Waals surface area contributed by atoms with E-state index in [2.05, 4.69) is 23.6 Å². The van der Waals surface area contributed by atoms with Gasteiger partial charge in [0.1, 0.15) is 18.0 Å². The molecular formula is C19H30N2O3. The molecule has 5 heteroatoms. The summed E-state index contributed by atoms with van der Waals surface area (Å²) in [7, 11) is 0. The molecule has 1 aliphatic carbocycles. The summed E-state index contributed by atoms with van der Waals surface area (Å²) in [5.41, 5.74) is 0.606. The molecule has 134 valence electrons. The van der Waals surface area contributed by atoms with Crippen molar-refractivity contribution in [3.8, 4) is 5.75 Å². The quantitative estimate of drug-likeness (QED) is 0.766. The van der Waals surface area contributed by atoms with Gasteiger partial charge in [-0.15, -0.1) is 0 Å². The summed E-state index contributed by atoms with van der Waals surface area (Å²) < 4.78 is 10.9. The highest BCUT2D eigenvalue weighted by Gasteiger charge is 2.21. The Hall–Kier alpha value is -1.91. The molecule has 2 rings (SSSR count). The van der Waals surface area contributed by atoms with Gasteiger partial charge in [-0.05, 0) is 58.1 Å². The fraction of sp³-hybridized carbons (Fsp3) is 0.632. The van der Waals surface area contributed by atoms with Crippen LogP contribution in [0.4, 0.5) is 10.5 Å². The van der Waals surface area contributed by atoms with Crippen LogP contribution in [0.1, 0.15) is 47.0 Å². The topological polar surface area (TPSA) is 59.6 Å². The molecule has 0 radical (unpaired) electrons. The molecule has 2 N–H and O–H groups in total. The van der Waals surface area contributed by atoms with Gasteiger partial charge in [-0.25, -0.2) is 4.79 Å². The summed E-state index contributed by atoms with van der Waals surface area (Å²) in [4.78, 5) is 11.5. The Kier molecular flexibility index (Phi) is 6.35. The van der Waals surface area contributed by atoms with Gasteiger partial charge in [-0.1, -0.05) is 13.0 Å². The largest absolute Gasteiger partial charge is 0.492 e. The lowest BCUT2D eigenvalue weighted by molar-refractivity contribution is 0.0520. The minimum Gasteiger partial charge on any atom is -0.492 e. The van der Waals surface area contributed by atoms with Gasteiger partial charge in [0.2, 0.25) is 0 Å². The Morgan fingerprint density at radius 3 is 2.75 bits per heavy atom. The molecule has 0 spiro atoms. The third kappa shape index (κ3) is 6.69. The standard InChI is InChI=1S/C19H30N2O3/c1-14-8-9-16(12-14)21-15-6-5-7-17(13-15)23-11-10-20-18(22)24-19(2,3)4/h5-7,13-14,16,21H,8-12H2,1-4H3,(H,20,22). The first-order valence-electron chi connectivity index (χ1n) is 8.78. The fourth-order valence-electron chi connectivity index (χ4n) is 2.89. The van der Waals surface area contributed by atoms with Crippen molar-refractivity contribution < 1.29 is 14.3 Å². The van der Waals surface area contributed by atoms with Crippen molar-refractivity contribution in [1.29, 1.82) is 0 Å². The number of carbonyl (C=O) groups is 1. The molecule has 0 aromatic heterocycles. The van der Waals surface area contributed by atoms with Crippen molar-refractivity contribution in [3.63, 3.8) is 0 Å². The third-order valence-electron chi connectivity index (χ3n) is 3.94. The first kappa shape index (κ1) is 18.4. The van der Waals surface area contributed by atoms with Crippen molar-refractivity contribution >= 4 is 11.8 Å². The highest BCUT2D eigenvalue weighted by Crippen LogP contribution is 2.28. The van der Waals surface area contributed by atoms with E-state index in [4.69, 9.17) is 9.47 Å². The number of carbonyl (C=O) groups excluding carboxylic acids is 1. The van der Waals surface area contributed by atoms with Crippen molar-refractivity contribution in [3.05, 3.63) is 24.3 Å². The summed E-state index contributed by atoms with van der Waals surface area (Å²) in [5.74, 6) is 1.61. The zero-order valence-corrected chi connectivity index (χ0v) is 15.2. The number of anilines is 1. The van der Waals surface area contributed by atoms with Gasteiger partial charge < -0.3 is 20.1 Å². The summed E-state index contributed by atoms with van der Waals surface area (Å²) in [5, 5.41) is 6.26. The minimum absolute atomic E-state index is 0.406. The Morgan fingerprint density at radius 1 is 1.29 bits per heavy atom. The van der Waals surface area contributed by atoms with Crippen LogP contribution < -0.4 is 15.4 Å². The van der Waals surface area contributed by atoms with Crippen LogP contribution >= 0.6 is 0 Å². The van der Waals surface area contributed by atoms with Crippen LogP contribution in [0.2, 0.25) is 0 Å². The molecule has 1 aliphatic rings. The molecule has 0 heterocycles. The SMILES string of the molecule is CC1CCC(Nc2cccc(OCCNC(=O)OC(C)(C)C)c2)C1. The normalized spacial score (nSPS) is 20.5. The summed E-state index contributed by atoms with van der Waals surface area (Å²) in [6.07, 6.45) is 3.33. The number of alkyl carbamates (subject to hydrolysis) is 1. The van der Waals surface area contributed by atoms with Crippen molar-refractivity contribution in [2.45, 2.75) is 58.6 Å². The Balaban J connectivity index is 1.71. The predicted molar refractivity (Wildman–Crippen MR) is 96.6 cm³/mol. The first-order chi connectivity index (χ1) is 11.3. The zero-order valence-electron chi connectivity index (χ0n) is 15.2. The van der Waals surface area contributed by atoms with E-state index in [0.29, 0.717) is 19.2 Å². The smallest absolute Gasteiger partial charge is 0.407 e. The van der Waals surface area contributed by atoms with E-state index in [1.807, 2.05) is 39.0 Å². The maximum Gasteiger partial charge on any atom is 0.407 e. The molecule has 0 aliphatic heterocycles. The zero-order chi connectivity index (χ0) is 17.6. The molecule has 1 amide bonds. The second-order valence-corrected chi connectivity index (χ2v) is 7.56. The van der Waals surface area contributed by atoms with E-state index in [-0.39, 0.29) is 0 Å². The lowest BCUT2D eigenvalue weighted by Crippen LogP contribution is -2.34. The van der Waals surface area contributed by atoms with Crippen LogP contribution in [-0.4, -0.2) is 30.9 Å². The third-order valence-corrected chi connectivity index (χ3v) is 3.94. The molecule has 24 heavy (non-hydrogen) atoms. The molecule has 1 fully saturated rings. The van der Waals surface area contributed by atoms with Crippen LogP contribution in [0.3, 0.4) is 0 Å². The van der Waals surface area contributed by atoms with Crippen molar-refractivity contribution in [2.75, 3.05) is 18.5 Å². The number of benzene rings is 1. The maximum absolute atomic E-state index is 11.5. The predicted octanol–water partition coefficient (Wildman–Crippen LogP) is 4.19. The molecule has 5 nitrogen and oxygen atoms in total. The monoisotopic (exact) mass is 334 g/mol. The lowest BCUT2D eigenvalue weighted by atomic mass is 10.1. The van der Waals surface area contributed by atoms with Crippen LogP contribution in [-0.2, 0) is 4.74 Å². The number of hydrogen-bond acceptors (Lipinski definition) is 4. The molecule has 0 bridgehead atoms. The Bertz CT molecular complexity index is 540. The number of rotatable bonds is 6. The number of amides is 1. The van der Waals surface area contributed by atoms with Crippen LogP contribution in [0, 0.1) is 5.92 Å². The molecule has 0 saturated heterocycles. The van der Waals surface area contributed by atoms with Gasteiger partial charge in [0.25, 0.3) is 0 Å². The van der Waals surface area contributed by atoms with Crippen molar-refractivity contribution in [1.82, 2.24) is 5.32 Å². The number of nitrogens with one attached hydrogen (secondary N) is 2. The molecule has 2 atom stereocenters. The minimum atomic E-state index is -0.483. The average molecular weight is 334 g/mol. The van der Waals surface area contributed by atoms with Gasteiger partial charge in [-0.3, -0.25) is 0 Å². The average Bonchev–Trinajstić information content (AvgIpc) is 2.87. The molecule has 1 saturated carbocycles. The van der Waals surface area contributed by atoms with Gasteiger partial charge >= 0.3 is 6.09 Å².